The van der Waals surface area contributed by atoms with E-state index < -0.39 is 5.91 Å². The molecule has 1 aliphatic rings. The van der Waals surface area contributed by atoms with Gasteiger partial charge in [0.25, 0.3) is 5.91 Å². The van der Waals surface area contributed by atoms with Crippen LogP contribution in [-0.4, -0.2) is 20.4 Å². The van der Waals surface area contributed by atoms with Crippen molar-refractivity contribution in [2.75, 3.05) is 5.32 Å². The van der Waals surface area contributed by atoms with Gasteiger partial charge in [-0.3, -0.25) is 4.79 Å². The fourth-order valence-corrected chi connectivity index (χ4v) is 4.50. The quantitative estimate of drug-likeness (QED) is 0.428. The van der Waals surface area contributed by atoms with E-state index in [4.69, 9.17) is 14.4 Å². The van der Waals surface area contributed by atoms with Gasteiger partial charge in [-0.2, -0.15) is 5.26 Å². The van der Waals surface area contributed by atoms with Crippen molar-refractivity contribution in [2.24, 2.45) is 0 Å². The molecular formula is C22H18BrN5O2. The average Bonchev–Trinajstić information content (AvgIpc) is 3.33. The molecule has 1 N–H and O–H groups in total. The van der Waals surface area contributed by atoms with Gasteiger partial charge in [0.1, 0.15) is 23.0 Å². The molecule has 30 heavy (non-hydrogen) atoms. The van der Waals surface area contributed by atoms with E-state index in [9.17, 15) is 10.1 Å². The van der Waals surface area contributed by atoms with E-state index in [1.165, 1.54) is 6.42 Å². The molecule has 5 rings (SSSR count). The molecule has 7 nitrogen and oxygen atoms in total. The van der Waals surface area contributed by atoms with Crippen molar-refractivity contribution >= 4 is 49.9 Å². The predicted molar refractivity (Wildman–Crippen MR) is 116 cm³/mol. The van der Waals surface area contributed by atoms with E-state index in [-0.39, 0.29) is 11.8 Å². The minimum Gasteiger partial charge on any atom is -0.444 e. The van der Waals surface area contributed by atoms with Crippen molar-refractivity contribution in [1.82, 2.24) is 14.5 Å². The van der Waals surface area contributed by atoms with Crippen LogP contribution in [-0.2, 0) is 0 Å². The maximum absolute atomic E-state index is 12.9. The topological polar surface area (TPSA) is 96.7 Å². The van der Waals surface area contributed by atoms with Crippen LogP contribution in [0.1, 0.15) is 54.3 Å². The molecule has 0 saturated heterocycles. The molecule has 0 radical (unpaired) electrons. The summed E-state index contributed by atoms with van der Waals surface area (Å²) in [5.41, 5.74) is 2.95. The number of nitriles is 1. The van der Waals surface area contributed by atoms with E-state index in [1.54, 1.807) is 12.1 Å². The molecule has 150 valence electrons. The Bertz CT molecular complexity index is 1310. The number of carbonyl (C=O) groups is 1. The number of fused-ring (bicyclic) bond motifs is 2. The second-order valence-corrected chi connectivity index (χ2v) is 8.22. The van der Waals surface area contributed by atoms with Crippen LogP contribution in [0, 0.1) is 11.3 Å². The zero-order chi connectivity index (χ0) is 20.7. The molecule has 1 aliphatic carbocycles. The first-order valence-electron chi connectivity index (χ1n) is 9.93. The summed E-state index contributed by atoms with van der Waals surface area (Å²) in [6, 6.07) is 13.2. The van der Waals surface area contributed by atoms with E-state index in [1.807, 2.05) is 28.8 Å². The number of anilines is 1. The van der Waals surface area contributed by atoms with Crippen LogP contribution in [0.15, 0.2) is 45.5 Å². The maximum atomic E-state index is 12.9. The smallest absolute Gasteiger partial charge is 0.292 e. The van der Waals surface area contributed by atoms with Crippen LogP contribution in [0.2, 0.25) is 0 Å². The molecule has 0 aliphatic heterocycles. The van der Waals surface area contributed by atoms with Gasteiger partial charge in [0.05, 0.1) is 11.0 Å². The fraction of sp³-hybridized carbons (Fsp3) is 0.273. The molecule has 0 spiro atoms. The normalized spacial score (nSPS) is 14.8. The van der Waals surface area contributed by atoms with Crippen molar-refractivity contribution in [3.8, 4) is 6.07 Å². The Labute approximate surface area is 180 Å². The van der Waals surface area contributed by atoms with Gasteiger partial charge in [-0.15, -0.1) is 0 Å². The highest BCUT2D eigenvalue weighted by Gasteiger charge is 2.28. The second-order valence-electron chi connectivity index (χ2n) is 7.44. The van der Waals surface area contributed by atoms with Gasteiger partial charge in [-0.05, 0) is 53.0 Å². The summed E-state index contributed by atoms with van der Waals surface area (Å²) < 4.78 is 7.87. The minimum atomic E-state index is -0.415. The Hall–Kier alpha value is -3.18. The SMILES string of the molecule is N#Cc1c(NC(=O)c2ccc(Br)o2)n(C2CCCCC2)c2nc3ccccc3nc12. The highest BCUT2D eigenvalue weighted by Crippen LogP contribution is 2.38. The number of furan rings is 1. The van der Waals surface area contributed by atoms with Gasteiger partial charge in [0.2, 0.25) is 0 Å². The van der Waals surface area contributed by atoms with Crippen LogP contribution in [0.4, 0.5) is 5.82 Å². The van der Waals surface area contributed by atoms with Crippen molar-refractivity contribution < 1.29 is 9.21 Å². The highest BCUT2D eigenvalue weighted by atomic mass is 79.9. The summed E-state index contributed by atoms with van der Waals surface area (Å²) in [5, 5.41) is 12.9. The van der Waals surface area contributed by atoms with Gasteiger partial charge in [-0.25, -0.2) is 9.97 Å². The summed E-state index contributed by atoms with van der Waals surface area (Å²) in [5.74, 6) is 0.186. The number of amides is 1. The highest BCUT2D eigenvalue weighted by molar-refractivity contribution is 9.10. The molecule has 0 bridgehead atoms. The second kappa shape index (κ2) is 7.58. The maximum Gasteiger partial charge on any atom is 0.292 e. The number of carbonyl (C=O) groups excluding carboxylic acids is 1. The summed E-state index contributed by atoms with van der Waals surface area (Å²) in [7, 11) is 0. The third-order valence-corrected chi connectivity index (χ3v) is 6.00. The first-order chi connectivity index (χ1) is 14.7. The molecule has 3 heterocycles. The molecule has 8 heteroatoms. The van der Waals surface area contributed by atoms with Crippen molar-refractivity contribution in [3.63, 3.8) is 0 Å². The van der Waals surface area contributed by atoms with Crippen LogP contribution in [0.5, 0.6) is 0 Å². The molecule has 0 unspecified atom stereocenters. The van der Waals surface area contributed by atoms with E-state index in [0.717, 1.165) is 36.7 Å². The summed E-state index contributed by atoms with van der Waals surface area (Å²) in [4.78, 5) is 22.4. The lowest BCUT2D eigenvalue weighted by atomic mass is 9.95. The molecule has 1 aromatic carbocycles. The molecular weight excluding hydrogens is 446 g/mol. The first-order valence-corrected chi connectivity index (χ1v) is 10.7. The van der Waals surface area contributed by atoms with Crippen LogP contribution < -0.4 is 5.32 Å². The Balaban J connectivity index is 1.73. The van der Waals surface area contributed by atoms with Crippen LogP contribution in [0.3, 0.4) is 0 Å². The summed E-state index contributed by atoms with van der Waals surface area (Å²) in [6.45, 7) is 0. The lowest BCUT2D eigenvalue weighted by molar-refractivity contribution is 0.0994. The Morgan fingerprint density at radius 2 is 1.87 bits per heavy atom. The molecule has 0 atom stereocenters. The predicted octanol–water partition coefficient (Wildman–Crippen LogP) is 5.57. The molecule has 4 aromatic rings. The summed E-state index contributed by atoms with van der Waals surface area (Å²) in [6.07, 6.45) is 5.34. The van der Waals surface area contributed by atoms with Gasteiger partial charge >= 0.3 is 0 Å². The van der Waals surface area contributed by atoms with E-state index in [2.05, 4.69) is 27.3 Å². The van der Waals surface area contributed by atoms with Crippen molar-refractivity contribution in [2.45, 2.75) is 38.1 Å². The largest absolute Gasteiger partial charge is 0.444 e. The molecule has 3 aromatic heterocycles. The average molecular weight is 464 g/mol. The number of aromatic nitrogens is 3. The molecule has 1 amide bonds. The zero-order valence-electron chi connectivity index (χ0n) is 16.1. The number of benzene rings is 1. The Kier molecular flexibility index (Phi) is 4.75. The van der Waals surface area contributed by atoms with Crippen molar-refractivity contribution in [1.29, 1.82) is 5.26 Å². The van der Waals surface area contributed by atoms with Crippen molar-refractivity contribution in [3.05, 3.63) is 52.4 Å². The van der Waals surface area contributed by atoms with Crippen LogP contribution in [0.25, 0.3) is 22.2 Å². The molecule has 1 fully saturated rings. The first kappa shape index (κ1) is 18.8. The van der Waals surface area contributed by atoms with Gasteiger partial charge in [0.15, 0.2) is 16.1 Å². The number of para-hydroxylation sites is 2. The number of halogens is 1. The number of hydrogen-bond donors (Lipinski definition) is 1. The molecule has 1 saturated carbocycles. The number of nitrogens with one attached hydrogen (secondary N) is 1. The fourth-order valence-electron chi connectivity index (χ4n) is 4.19. The van der Waals surface area contributed by atoms with Gasteiger partial charge in [0, 0.05) is 6.04 Å². The summed E-state index contributed by atoms with van der Waals surface area (Å²) >= 11 is 3.22. The number of hydrogen-bond acceptors (Lipinski definition) is 5. The third-order valence-electron chi connectivity index (χ3n) is 5.58. The standard InChI is InChI=1S/C22H18BrN5O2/c23-18-11-10-17(30-18)22(29)27-20-14(12-24)19-21(28(20)13-6-2-1-3-7-13)26-16-9-5-4-8-15(16)25-19/h4-5,8-11,13H,1-3,6-7H2,(H,27,29). The number of rotatable bonds is 3. The van der Waals surface area contributed by atoms with Gasteiger partial charge in [-0.1, -0.05) is 31.4 Å². The monoisotopic (exact) mass is 463 g/mol. The lowest BCUT2D eigenvalue weighted by Crippen LogP contribution is -2.20. The zero-order valence-corrected chi connectivity index (χ0v) is 17.6. The Morgan fingerprint density at radius 3 is 2.53 bits per heavy atom. The van der Waals surface area contributed by atoms with Gasteiger partial charge < -0.3 is 14.3 Å². The van der Waals surface area contributed by atoms with Crippen LogP contribution >= 0.6 is 15.9 Å². The van der Waals surface area contributed by atoms with E-state index >= 15 is 0 Å². The third kappa shape index (κ3) is 3.15. The van der Waals surface area contributed by atoms with E-state index in [0.29, 0.717) is 27.2 Å². The Morgan fingerprint density at radius 1 is 1.13 bits per heavy atom. The lowest BCUT2D eigenvalue weighted by Gasteiger charge is -2.25. The minimum absolute atomic E-state index is 0.150. The number of nitrogens with zero attached hydrogens (tertiary/aromatic N) is 4.